The number of nitrogens with zero attached hydrogens (tertiary/aromatic N) is 2. The fourth-order valence-electron chi connectivity index (χ4n) is 4.27. The van der Waals surface area contributed by atoms with Gasteiger partial charge >= 0.3 is 0 Å². The molecule has 6 heteroatoms. The van der Waals surface area contributed by atoms with Crippen LogP contribution in [0.25, 0.3) is 0 Å². The summed E-state index contributed by atoms with van der Waals surface area (Å²) in [6.45, 7) is 2.24. The maximum absolute atomic E-state index is 13.6. The number of phenolic OH excluding ortho intramolecular Hbond substituents is 1. The summed E-state index contributed by atoms with van der Waals surface area (Å²) in [5.41, 5.74) is 2.05. The van der Waals surface area contributed by atoms with Gasteiger partial charge in [-0.1, -0.05) is 30.3 Å². The molecule has 166 valence electrons. The van der Waals surface area contributed by atoms with Gasteiger partial charge < -0.3 is 14.7 Å². The second kappa shape index (κ2) is 9.83. The van der Waals surface area contributed by atoms with Gasteiger partial charge in [0.15, 0.2) is 0 Å². The lowest BCUT2D eigenvalue weighted by Crippen LogP contribution is -2.47. The molecule has 0 bridgehead atoms. The van der Waals surface area contributed by atoms with Crippen molar-refractivity contribution in [3.05, 3.63) is 89.7 Å². The molecule has 1 N–H and O–H groups in total. The van der Waals surface area contributed by atoms with Crippen molar-refractivity contribution in [3.8, 4) is 11.5 Å². The molecule has 0 spiro atoms. The lowest BCUT2D eigenvalue weighted by Gasteiger charge is -2.39. The third kappa shape index (κ3) is 4.75. The maximum atomic E-state index is 13.6. The first-order valence-corrected chi connectivity index (χ1v) is 10.8. The Morgan fingerprint density at radius 2 is 1.69 bits per heavy atom. The summed E-state index contributed by atoms with van der Waals surface area (Å²) in [7, 11) is 1.55. The van der Waals surface area contributed by atoms with E-state index < -0.39 is 0 Å². The molecule has 1 aliphatic heterocycles. The molecule has 0 aliphatic carbocycles. The van der Waals surface area contributed by atoms with Gasteiger partial charge in [0.2, 0.25) is 0 Å². The molecule has 0 atom stereocenters. The normalized spacial score (nSPS) is 14.8. The van der Waals surface area contributed by atoms with Gasteiger partial charge in [0.05, 0.1) is 12.7 Å². The van der Waals surface area contributed by atoms with Crippen LogP contribution in [0.3, 0.4) is 0 Å². The Hall–Kier alpha value is -3.38. The van der Waals surface area contributed by atoms with E-state index >= 15 is 0 Å². The Morgan fingerprint density at radius 3 is 2.38 bits per heavy atom. The molecule has 1 aliphatic rings. The lowest BCUT2D eigenvalue weighted by atomic mass is 9.99. The number of para-hydroxylation sites is 2. The fraction of sp³-hybridized carbons (Fsp3) is 0.269. The number of anilines is 1. The first-order valence-electron chi connectivity index (χ1n) is 10.8. The van der Waals surface area contributed by atoms with Gasteiger partial charge in [0.1, 0.15) is 17.3 Å². The van der Waals surface area contributed by atoms with Crippen molar-refractivity contribution in [2.45, 2.75) is 25.4 Å². The van der Waals surface area contributed by atoms with Crippen LogP contribution < -0.4 is 9.64 Å². The Bertz CT molecular complexity index is 1060. The third-order valence-corrected chi connectivity index (χ3v) is 5.97. The van der Waals surface area contributed by atoms with Crippen molar-refractivity contribution >= 4 is 11.6 Å². The summed E-state index contributed by atoms with van der Waals surface area (Å²) >= 11 is 0. The molecule has 0 unspecified atom stereocenters. The maximum Gasteiger partial charge on any atom is 0.262 e. The number of ether oxygens (including phenoxy) is 1. The van der Waals surface area contributed by atoms with Gasteiger partial charge in [-0.15, -0.1) is 0 Å². The molecule has 32 heavy (non-hydrogen) atoms. The van der Waals surface area contributed by atoms with Gasteiger partial charge in [-0.3, -0.25) is 9.69 Å². The van der Waals surface area contributed by atoms with Crippen LogP contribution in [0.5, 0.6) is 11.5 Å². The minimum absolute atomic E-state index is 0.0292. The zero-order valence-corrected chi connectivity index (χ0v) is 18.1. The van der Waals surface area contributed by atoms with Crippen LogP contribution in [-0.4, -0.2) is 42.2 Å². The van der Waals surface area contributed by atoms with Crippen molar-refractivity contribution in [1.82, 2.24) is 4.90 Å². The zero-order chi connectivity index (χ0) is 22.5. The summed E-state index contributed by atoms with van der Waals surface area (Å²) < 4.78 is 19.0. The molecule has 4 rings (SSSR count). The van der Waals surface area contributed by atoms with E-state index in [0.29, 0.717) is 29.3 Å². The van der Waals surface area contributed by atoms with Crippen molar-refractivity contribution in [3.63, 3.8) is 0 Å². The molecular weight excluding hydrogens is 407 g/mol. The van der Waals surface area contributed by atoms with Crippen molar-refractivity contribution in [2.75, 3.05) is 25.1 Å². The minimum Gasteiger partial charge on any atom is -0.508 e. The number of halogens is 1. The molecule has 5 nitrogen and oxygen atoms in total. The number of benzene rings is 3. The van der Waals surface area contributed by atoms with E-state index in [0.717, 1.165) is 31.5 Å². The summed E-state index contributed by atoms with van der Waals surface area (Å²) in [4.78, 5) is 17.7. The predicted octanol–water partition coefficient (Wildman–Crippen LogP) is 4.85. The topological polar surface area (TPSA) is 53.0 Å². The average Bonchev–Trinajstić information content (AvgIpc) is 2.83. The number of piperidine rings is 1. The highest BCUT2D eigenvalue weighted by molar-refractivity contribution is 6.08. The van der Waals surface area contributed by atoms with Crippen LogP contribution in [0, 0.1) is 5.82 Å². The minimum atomic E-state index is -0.337. The summed E-state index contributed by atoms with van der Waals surface area (Å²) in [5, 5.41) is 10.1. The Balaban J connectivity index is 1.55. The van der Waals surface area contributed by atoms with E-state index in [2.05, 4.69) is 4.90 Å². The molecule has 1 fully saturated rings. The molecule has 0 aromatic heterocycles. The average molecular weight is 435 g/mol. The van der Waals surface area contributed by atoms with Crippen LogP contribution >= 0.6 is 0 Å². The van der Waals surface area contributed by atoms with Crippen molar-refractivity contribution < 1.29 is 19.0 Å². The Kier molecular flexibility index (Phi) is 6.71. The van der Waals surface area contributed by atoms with E-state index in [1.54, 1.807) is 42.3 Å². The molecule has 3 aromatic rings. The first-order chi connectivity index (χ1) is 15.6. The van der Waals surface area contributed by atoms with E-state index in [4.69, 9.17) is 4.74 Å². The van der Waals surface area contributed by atoms with E-state index in [-0.39, 0.29) is 17.8 Å². The van der Waals surface area contributed by atoms with Crippen molar-refractivity contribution in [1.29, 1.82) is 0 Å². The van der Waals surface area contributed by atoms with Crippen LogP contribution in [0.2, 0.25) is 0 Å². The van der Waals surface area contributed by atoms with Gasteiger partial charge in [-0.25, -0.2) is 4.39 Å². The molecule has 0 saturated carbocycles. The number of aromatic hydroxyl groups is 1. The highest BCUT2D eigenvalue weighted by Crippen LogP contribution is 2.30. The lowest BCUT2D eigenvalue weighted by molar-refractivity contribution is 0.0955. The van der Waals surface area contributed by atoms with Crippen LogP contribution in [0.1, 0.15) is 28.8 Å². The first kappa shape index (κ1) is 21.8. The Morgan fingerprint density at radius 1 is 1.03 bits per heavy atom. The van der Waals surface area contributed by atoms with Crippen LogP contribution in [0.15, 0.2) is 72.8 Å². The van der Waals surface area contributed by atoms with E-state index in [9.17, 15) is 14.3 Å². The molecule has 0 radical (unpaired) electrons. The van der Waals surface area contributed by atoms with Gasteiger partial charge in [-0.05, 0) is 55.3 Å². The summed E-state index contributed by atoms with van der Waals surface area (Å²) in [6.07, 6.45) is 1.54. The highest BCUT2D eigenvalue weighted by Gasteiger charge is 2.31. The number of carbonyl (C=O) groups excluding carboxylic acids is 1. The number of methoxy groups -OCH3 is 1. The zero-order valence-electron chi connectivity index (χ0n) is 18.1. The van der Waals surface area contributed by atoms with E-state index in [1.165, 1.54) is 12.1 Å². The standard InChI is InChI=1S/C26H27FN2O3/c1-32-25-9-5-3-7-23(25)26(31)29(21-12-10-20(27)11-13-21)22-14-16-28(17-15-22)18-19-6-2-4-8-24(19)30/h2-13,22,30H,14-18H2,1H3. The number of hydrogen-bond acceptors (Lipinski definition) is 4. The smallest absolute Gasteiger partial charge is 0.262 e. The number of rotatable bonds is 6. The van der Waals surface area contributed by atoms with Crippen molar-refractivity contribution in [2.24, 2.45) is 0 Å². The van der Waals surface area contributed by atoms with Crippen LogP contribution in [-0.2, 0) is 6.54 Å². The second-order valence-corrected chi connectivity index (χ2v) is 7.99. The molecule has 1 heterocycles. The molecule has 1 saturated heterocycles. The highest BCUT2D eigenvalue weighted by atomic mass is 19.1. The van der Waals surface area contributed by atoms with Gasteiger partial charge in [-0.2, -0.15) is 0 Å². The second-order valence-electron chi connectivity index (χ2n) is 7.99. The third-order valence-electron chi connectivity index (χ3n) is 5.97. The van der Waals surface area contributed by atoms with E-state index in [1.807, 2.05) is 30.3 Å². The number of hydrogen-bond donors (Lipinski definition) is 1. The quantitative estimate of drug-likeness (QED) is 0.603. The number of phenols is 1. The van der Waals surface area contributed by atoms with Crippen LogP contribution in [0.4, 0.5) is 10.1 Å². The summed E-state index contributed by atoms with van der Waals surface area (Å²) in [6, 6.07) is 20.6. The van der Waals surface area contributed by atoms with Gasteiger partial charge in [0, 0.05) is 36.9 Å². The Labute approximate surface area is 187 Å². The largest absolute Gasteiger partial charge is 0.508 e. The number of amides is 1. The SMILES string of the molecule is COc1ccccc1C(=O)N(c1ccc(F)cc1)C1CCN(Cc2ccccc2O)CC1. The monoisotopic (exact) mass is 434 g/mol. The molecular formula is C26H27FN2O3. The van der Waals surface area contributed by atoms with Gasteiger partial charge in [0.25, 0.3) is 5.91 Å². The number of carbonyl (C=O) groups is 1. The predicted molar refractivity (Wildman–Crippen MR) is 123 cm³/mol. The summed E-state index contributed by atoms with van der Waals surface area (Å²) in [5.74, 6) is 0.319. The fourth-order valence-corrected chi connectivity index (χ4v) is 4.27. The number of likely N-dealkylation sites (tertiary alicyclic amines) is 1. The molecule has 3 aromatic carbocycles. The molecule has 1 amide bonds.